The van der Waals surface area contributed by atoms with Crippen molar-refractivity contribution in [2.24, 2.45) is 0 Å². The molecule has 40 heavy (non-hydrogen) atoms. The number of benzene rings is 2. The molecule has 2 aliphatic rings. The van der Waals surface area contributed by atoms with Crippen molar-refractivity contribution in [2.45, 2.75) is 64.6 Å². The molecule has 2 amide bonds. The second-order valence-corrected chi connectivity index (χ2v) is 12.0. The largest absolute Gasteiger partial charge is 0.488 e. The van der Waals surface area contributed by atoms with Gasteiger partial charge >= 0.3 is 16.6 Å². The number of ether oxygens (including phenoxy) is 1. The van der Waals surface area contributed by atoms with Crippen molar-refractivity contribution in [3.63, 3.8) is 0 Å². The third kappa shape index (κ3) is 6.30. The van der Waals surface area contributed by atoms with Crippen molar-refractivity contribution in [1.29, 1.82) is 0 Å². The Hall–Kier alpha value is -3.45. The first-order valence-electron chi connectivity index (χ1n) is 13.0. The number of nitrogens with zero attached hydrogens (tertiary/aromatic N) is 2. The lowest BCUT2D eigenvalue weighted by Gasteiger charge is -2.42. The van der Waals surface area contributed by atoms with E-state index in [1.165, 1.54) is 35.2 Å². The smallest absolute Gasteiger partial charge is 0.443 e. The van der Waals surface area contributed by atoms with Crippen LogP contribution in [0.5, 0.6) is 5.75 Å². The molecule has 2 atom stereocenters. The number of rotatable bonds is 7. The van der Waals surface area contributed by atoms with Gasteiger partial charge in [-0.25, -0.2) is 9.18 Å². The molecule has 1 saturated heterocycles. The van der Waals surface area contributed by atoms with Gasteiger partial charge in [-0.1, -0.05) is 9.95 Å². The summed E-state index contributed by atoms with van der Waals surface area (Å²) in [4.78, 5) is 29.7. The third-order valence-corrected chi connectivity index (χ3v) is 7.35. The molecule has 0 aromatic heterocycles. The van der Waals surface area contributed by atoms with Crippen LogP contribution in [-0.2, 0) is 25.6 Å². The molecule has 2 aromatic rings. The fourth-order valence-corrected chi connectivity index (χ4v) is 5.53. The molecule has 1 fully saturated rings. The van der Waals surface area contributed by atoms with Gasteiger partial charge in [0.15, 0.2) is 0 Å². The predicted molar refractivity (Wildman–Crippen MR) is 147 cm³/mol. The Labute approximate surface area is 233 Å². The SMILES string of the molecule is CCN(C(=O)OC(C)(C)C)c1cc(F)cc2c1NC(=O)C2(C)N1CCC[C@@H](Nc2cccc(OS(=O)(=O)F)c2)C1. The number of hydrogen-bond donors (Lipinski definition) is 2. The Morgan fingerprint density at radius 1 is 1.27 bits per heavy atom. The minimum Gasteiger partial charge on any atom is -0.443 e. The quantitative estimate of drug-likeness (QED) is 0.443. The highest BCUT2D eigenvalue weighted by molar-refractivity contribution is 7.81. The van der Waals surface area contributed by atoms with E-state index in [0.717, 1.165) is 6.42 Å². The molecule has 1 unspecified atom stereocenters. The summed E-state index contributed by atoms with van der Waals surface area (Å²) in [6.45, 7) is 9.82. The van der Waals surface area contributed by atoms with Gasteiger partial charge in [-0.2, -0.15) is 8.42 Å². The lowest BCUT2D eigenvalue weighted by Crippen LogP contribution is -2.55. The zero-order valence-corrected chi connectivity index (χ0v) is 23.9. The van der Waals surface area contributed by atoms with Gasteiger partial charge in [0.2, 0.25) is 5.91 Å². The van der Waals surface area contributed by atoms with Gasteiger partial charge in [0.1, 0.15) is 22.7 Å². The zero-order chi connectivity index (χ0) is 29.5. The highest BCUT2D eigenvalue weighted by Crippen LogP contribution is 2.46. The molecule has 2 aliphatic heterocycles. The molecule has 2 aromatic carbocycles. The van der Waals surface area contributed by atoms with Crippen molar-refractivity contribution in [3.8, 4) is 5.75 Å². The standard InChI is InChI=1S/C27H34F2N4O6S/c1-6-33(25(35)38-26(2,3)4)22-14-17(28)13-21-23(22)31-24(34)27(21,5)32-12-8-10-19(16-32)30-18-9-7-11-20(15-18)39-40(29,36)37/h7,9,11,13-15,19,30H,6,8,10,12,16H2,1-5H3,(H,31,34)/t19-,27?/m1/s1. The summed E-state index contributed by atoms with van der Waals surface area (Å²) >= 11 is 0. The van der Waals surface area contributed by atoms with E-state index in [9.17, 15) is 21.9 Å². The maximum atomic E-state index is 15.0. The van der Waals surface area contributed by atoms with Gasteiger partial charge in [0.05, 0.1) is 11.4 Å². The number of hydrogen-bond acceptors (Lipinski definition) is 8. The van der Waals surface area contributed by atoms with Crippen molar-refractivity contribution in [3.05, 3.63) is 47.8 Å². The Morgan fingerprint density at radius 3 is 2.65 bits per heavy atom. The molecule has 0 radical (unpaired) electrons. The van der Waals surface area contributed by atoms with Crippen LogP contribution in [0.25, 0.3) is 0 Å². The first-order valence-corrected chi connectivity index (χ1v) is 14.3. The summed E-state index contributed by atoms with van der Waals surface area (Å²) in [7, 11) is -5.16. The minimum absolute atomic E-state index is 0.165. The maximum absolute atomic E-state index is 15.0. The maximum Gasteiger partial charge on any atom is 0.488 e. The van der Waals surface area contributed by atoms with Gasteiger partial charge in [-0.05, 0) is 78.3 Å². The summed E-state index contributed by atoms with van der Waals surface area (Å²) < 4.78 is 59.6. The molecular weight excluding hydrogens is 546 g/mol. The number of fused-ring (bicyclic) bond motifs is 1. The second-order valence-electron chi connectivity index (χ2n) is 11.0. The molecule has 0 spiro atoms. The molecule has 218 valence electrons. The van der Waals surface area contributed by atoms with Crippen LogP contribution in [0.15, 0.2) is 36.4 Å². The monoisotopic (exact) mass is 580 g/mol. The van der Waals surface area contributed by atoms with E-state index >= 15 is 4.39 Å². The van der Waals surface area contributed by atoms with Crippen LogP contribution in [0.2, 0.25) is 0 Å². The molecular formula is C27H34F2N4O6S. The number of nitrogens with one attached hydrogen (secondary N) is 2. The van der Waals surface area contributed by atoms with Gasteiger partial charge in [-0.15, -0.1) is 0 Å². The fraction of sp³-hybridized carbons (Fsp3) is 0.481. The number of piperidine rings is 1. The summed E-state index contributed by atoms with van der Waals surface area (Å²) in [5.74, 6) is -1.12. The summed E-state index contributed by atoms with van der Waals surface area (Å²) in [5, 5.41) is 6.17. The topological polar surface area (TPSA) is 117 Å². The fourth-order valence-electron chi connectivity index (χ4n) is 5.20. The molecule has 13 heteroatoms. The number of anilines is 3. The summed E-state index contributed by atoms with van der Waals surface area (Å²) in [5.41, 5.74) is -0.491. The molecule has 0 saturated carbocycles. The van der Waals surface area contributed by atoms with Crippen LogP contribution >= 0.6 is 0 Å². The Kier molecular flexibility index (Phi) is 8.01. The second kappa shape index (κ2) is 10.8. The first kappa shape index (κ1) is 29.5. The van der Waals surface area contributed by atoms with Crippen LogP contribution < -0.4 is 19.7 Å². The van der Waals surface area contributed by atoms with Gasteiger partial charge in [0, 0.05) is 36.4 Å². The van der Waals surface area contributed by atoms with E-state index in [1.54, 1.807) is 40.7 Å². The molecule has 0 bridgehead atoms. The van der Waals surface area contributed by atoms with Gasteiger partial charge in [0.25, 0.3) is 0 Å². The van der Waals surface area contributed by atoms with E-state index in [4.69, 9.17) is 4.74 Å². The van der Waals surface area contributed by atoms with Gasteiger partial charge in [-0.3, -0.25) is 14.6 Å². The molecule has 0 aliphatic carbocycles. The highest BCUT2D eigenvalue weighted by Gasteiger charge is 2.50. The number of likely N-dealkylation sites (tertiary alicyclic amines) is 1. The van der Waals surface area contributed by atoms with Crippen LogP contribution in [0.4, 0.5) is 30.1 Å². The highest BCUT2D eigenvalue weighted by atomic mass is 32.3. The van der Waals surface area contributed by atoms with Crippen LogP contribution in [0, 0.1) is 5.82 Å². The van der Waals surface area contributed by atoms with E-state index in [1.807, 2.05) is 4.90 Å². The van der Waals surface area contributed by atoms with Crippen molar-refractivity contribution in [2.75, 3.05) is 35.2 Å². The average molecular weight is 581 g/mol. The van der Waals surface area contributed by atoms with Gasteiger partial charge < -0.3 is 19.6 Å². The summed E-state index contributed by atoms with van der Waals surface area (Å²) in [6.07, 6.45) is 0.802. The Balaban J connectivity index is 1.61. The van der Waals surface area contributed by atoms with E-state index in [0.29, 0.717) is 36.4 Å². The average Bonchev–Trinajstić information content (AvgIpc) is 3.09. The summed E-state index contributed by atoms with van der Waals surface area (Å²) in [6, 6.07) is 8.27. The Bertz CT molecular complexity index is 1410. The normalized spacial score (nSPS) is 21.4. The van der Waals surface area contributed by atoms with Crippen LogP contribution in [0.3, 0.4) is 0 Å². The number of amides is 2. The zero-order valence-electron chi connectivity index (χ0n) is 23.1. The van der Waals surface area contributed by atoms with E-state index in [-0.39, 0.29) is 29.9 Å². The minimum atomic E-state index is -5.16. The van der Waals surface area contributed by atoms with Crippen molar-refractivity contribution >= 4 is 39.6 Å². The molecule has 4 rings (SSSR count). The number of carbonyl (C=O) groups excluding carboxylic acids is 2. The molecule has 2 N–H and O–H groups in total. The van der Waals surface area contributed by atoms with Crippen molar-refractivity contribution in [1.82, 2.24) is 4.90 Å². The lowest BCUT2D eigenvalue weighted by molar-refractivity contribution is -0.127. The predicted octanol–water partition coefficient (Wildman–Crippen LogP) is 4.92. The van der Waals surface area contributed by atoms with E-state index in [2.05, 4.69) is 14.8 Å². The number of carbonyl (C=O) groups is 2. The Morgan fingerprint density at radius 2 is 2.00 bits per heavy atom. The molecule has 10 nitrogen and oxygen atoms in total. The first-order chi connectivity index (χ1) is 18.6. The van der Waals surface area contributed by atoms with E-state index < -0.39 is 33.6 Å². The number of halogens is 2. The van der Waals surface area contributed by atoms with Crippen LogP contribution in [0.1, 0.15) is 53.0 Å². The van der Waals surface area contributed by atoms with Crippen molar-refractivity contribution < 1.29 is 35.2 Å². The molecule has 2 heterocycles. The lowest BCUT2D eigenvalue weighted by atomic mass is 9.88. The van der Waals surface area contributed by atoms with Crippen LogP contribution in [-0.4, -0.2) is 56.6 Å². The third-order valence-electron chi connectivity index (χ3n) is 6.96.